The molecule has 1 aromatic carbocycles. The zero-order valence-electron chi connectivity index (χ0n) is 16.1. The van der Waals surface area contributed by atoms with Gasteiger partial charge in [0.15, 0.2) is 11.5 Å². The number of nitrogens with two attached hydrogens (primary N) is 1. The molecule has 1 aliphatic heterocycles. The number of rotatable bonds is 6. The number of thioether (sulfide) groups is 1. The van der Waals surface area contributed by atoms with Crippen molar-refractivity contribution in [3.63, 3.8) is 0 Å². The number of benzene rings is 1. The summed E-state index contributed by atoms with van der Waals surface area (Å²) in [5.74, 6) is 0.838. The second-order valence-electron chi connectivity index (χ2n) is 6.52. The third-order valence-electron chi connectivity index (χ3n) is 4.64. The first kappa shape index (κ1) is 20.0. The Labute approximate surface area is 168 Å². The van der Waals surface area contributed by atoms with Crippen LogP contribution < -0.4 is 15.2 Å². The van der Waals surface area contributed by atoms with Crippen LogP contribution >= 0.6 is 11.8 Å². The van der Waals surface area contributed by atoms with E-state index in [2.05, 4.69) is 11.0 Å². The molecule has 7 nitrogen and oxygen atoms in total. The van der Waals surface area contributed by atoms with Crippen LogP contribution in [0.15, 0.2) is 23.2 Å². The van der Waals surface area contributed by atoms with E-state index in [0.717, 1.165) is 35.3 Å². The molecule has 2 aromatic rings. The van der Waals surface area contributed by atoms with E-state index in [4.69, 9.17) is 20.2 Å². The largest absolute Gasteiger partial charge is 0.493 e. The number of hydrogen-bond acceptors (Lipinski definition) is 7. The molecule has 0 saturated carbocycles. The van der Waals surface area contributed by atoms with E-state index < -0.39 is 5.91 Å². The van der Waals surface area contributed by atoms with Crippen LogP contribution in [0, 0.1) is 11.3 Å². The summed E-state index contributed by atoms with van der Waals surface area (Å²) in [7, 11) is 5.21. The average molecular weight is 398 g/mol. The summed E-state index contributed by atoms with van der Waals surface area (Å²) in [4.78, 5) is 18.2. The number of likely N-dealkylation sites (N-methyl/N-ethyl adjacent to an activating group) is 1. The minimum Gasteiger partial charge on any atom is -0.493 e. The summed E-state index contributed by atoms with van der Waals surface area (Å²) in [5.41, 5.74) is 9.41. The van der Waals surface area contributed by atoms with Gasteiger partial charge in [-0.05, 0) is 30.3 Å². The number of fused-ring (bicyclic) bond motifs is 1. The van der Waals surface area contributed by atoms with Gasteiger partial charge in [0.25, 0.3) is 0 Å². The third-order valence-corrected chi connectivity index (χ3v) is 5.64. The molecule has 1 aliphatic rings. The van der Waals surface area contributed by atoms with Gasteiger partial charge in [0.05, 0.1) is 25.5 Å². The number of hydrogen-bond donors (Lipinski definition) is 1. The molecule has 0 aliphatic carbocycles. The van der Waals surface area contributed by atoms with Crippen LogP contribution in [0.4, 0.5) is 0 Å². The summed E-state index contributed by atoms with van der Waals surface area (Å²) in [5, 5.41) is 10.5. The van der Waals surface area contributed by atoms with E-state index in [1.54, 1.807) is 14.2 Å². The fourth-order valence-electron chi connectivity index (χ4n) is 3.33. The minimum atomic E-state index is -0.444. The molecular weight excluding hydrogens is 376 g/mol. The highest BCUT2D eigenvalue weighted by molar-refractivity contribution is 8.00. The maximum absolute atomic E-state index is 11.3. The Kier molecular flexibility index (Phi) is 6.07. The predicted octanol–water partition coefficient (Wildman–Crippen LogP) is 2.20. The van der Waals surface area contributed by atoms with Crippen LogP contribution in [0.25, 0.3) is 11.1 Å². The van der Waals surface area contributed by atoms with E-state index in [0.29, 0.717) is 28.6 Å². The molecule has 1 amide bonds. The lowest BCUT2D eigenvalue weighted by molar-refractivity contribution is -0.115. The SMILES string of the molecule is COc1ccc(-c2c(C#N)c(SCC(N)=O)nc3c2CN(C)CC3)cc1OC. The molecule has 0 fully saturated rings. The first-order chi connectivity index (χ1) is 13.5. The Morgan fingerprint density at radius 3 is 2.75 bits per heavy atom. The lowest BCUT2D eigenvalue weighted by Gasteiger charge is -2.28. The normalized spacial score (nSPS) is 13.5. The van der Waals surface area contributed by atoms with Gasteiger partial charge >= 0.3 is 0 Å². The van der Waals surface area contributed by atoms with Crippen LogP contribution in [0.3, 0.4) is 0 Å². The summed E-state index contributed by atoms with van der Waals surface area (Å²) in [6, 6.07) is 7.89. The molecule has 8 heteroatoms. The lowest BCUT2D eigenvalue weighted by atomic mass is 9.91. The van der Waals surface area contributed by atoms with Gasteiger partial charge in [-0.2, -0.15) is 5.26 Å². The Morgan fingerprint density at radius 1 is 1.36 bits per heavy atom. The number of pyridine rings is 1. The maximum atomic E-state index is 11.3. The predicted molar refractivity (Wildman–Crippen MR) is 107 cm³/mol. The Morgan fingerprint density at radius 2 is 2.11 bits per heavy atom. The van der Waals surface area contributed by atoms with Crippen molar-refractivity contribution < 1.29 is 14.3 Å². The number of nitriles is 1. The highest BCUT2D eigenvalue weighted by Gasteiger charge is 2.25. The van der Waals surface area contributed by atoms with Crippen molar-refractivity contribution in [2.24, 2.45) is 5.73 Å². The molecule has 0 atom stereocenters. The molecular formula is C20H22N4O3S. The summed E-state index contributed by atoms with van der Waals surface area (Å²) < 4.78 is 10.8. The quantitative estimate of drug-likeness (QED) is 0.744. The maximum Gasteiger partial charge on any atom is 0.227 e. The fraction of sp³-hybridized carbons (Fsp3) is 0.350. The minimum absolute atomic E-state index is 0.0751. The van der Waals surface area contributed by atoms with E-state index >= 15 is 0 Å². The molecule has 28 heavy (non-hydrogen) atoms. The fourth-order valence-corrected chi connectivity index (χ4v) is 4.07. The molecule has 0 radical (unpaired) electrons. The molecule has 0 saturated heterocycles. The second-order valence-corrected chi connectivity index (χ2v) is 7.48. The molecule has 0 unspecified atom stereocenters. The van der Waals surface area contributed by atoms with Gasteiger partial charge in [0.2, 0.25) is 5.91 Å². The third kappa shape index (κ3) is 3.91. The van der Waals surface area contributed by atoms with Crippen LogP contribution in [0.2, 0.25) is 0 Å². The molecule has 1 aromatic heterocycles. The number of carbonyl (C=O) groups excluding carboxylic acids is 1. The van der Waals surface area contributed by atoms with Crippen molar-refractivity contribution in [3.8, 4) is 28.7 Å². The van der Waals surface area contributed by atoms with Gasteiger partial charge < -0.3 is 20.1 Å². The molecule has 3 rings (SSSR count). The number of ether oxygens (including phenoxy) is 2. The van der Waals surface area contributed by atoms with E-state index in [1.165, 1.54) is 11.8 Å². The van der Waals surface area contributed by atoms with Crippen molar-refractivity contribution >= 4 is 17.7 Å². The Bertz CT molecular complexity index is 955. The van der Waals surface area contributed by atoms with Crippen molar-refractivity contribution in [3.05, 3.63) is 35.0 Å². The number of amides is 1. The molecule has 0 spiro atoms. The van der Waals surface area contributed by atoms with Crippen molar-refractivity contribution in [2.75, 3.05) is 33.6 Å². The van der Waals surface area contributed by atoms with Crippen LogP contribution in [0.1, 0.15) is 16.8 Å². The second kappa shape index (κ2) is 8.50. The van der Waals surface area contributed by atoms with Gasteiger partial charge in [-0.3, -0.25) is 4.79 Å². The van der Waals surface area contributed by atoms with Crippen LogP contribution in [-0.2, 0) is 17.8 Å². The first-order valence-corrected chi connectivity index (χ1v) is 9.75. The molecule has 2 N–H and O–H groups in total. The Balaban J connectivity index is 2.24. The van der Waals surface area contributed by atoms with Gasteiger partial charge in [-0.15, -0.1) is 0 Å². The van der Waals surface area contributed by atoms with Gasteiger partial charge in [-0.1, -0.05) is 17.8 Å². The van der Waals surface area contributed by atoms with E-state index in [1.807, 2.05) is 25.2 Å². The lowest BCUT2D eigenvalue weighted by Crippen LogP contribution is -2.28. The van der Waals surface area contributed by atoms with Crippen molar-refractivity contribution in [2.45, 2.75) is 18.0 Å². The molecule has 146 valence electrons. The zero-order chi connectivity index (χ0) is 20.3. The van der Waals surface area contributed by atoms with Crippen LogP contribution in [0.5, 0.6) is 11.5 Å². The van der Waals surface area contributed by atoms with Gasteiger partial charge in [0.1, 0.15) is 11.1 Å². The smallest absolute Gasteiger partial charge is 0.227 e. The Hall–Kier alpha value is -2.76. The number of carbonyl (C=O) groups is 1. The highest BCUT2D eigenvalue weighted by atomic mass is 32.2. The summed E-state index contributed by atoms with van der Waals surface area (Å²) in [6.45, 7) is 1.58. The number of methoxy groups -OCH3 is 2. The van der Waals surface area contributed by atoms with E-state index in [-0.39, 0.29) is 5.75 Å². The number of aromatic nitrogens is 1. The van der Waals surface area contributed by atoms with E-state index in [9.17, 15) is 10.1 Å². The zero-order valence-corrected chi connectivity index (χ0v) is 16.9. The van der Waals surface area contributed by atoms with Crippen molar-refractivity contribution in [1.82, 2.24) is 9.88 Å². The first-order valence-electron chi connectivity index (χ1n) is 8.76. The average Bonchev–Trinajstić information content (AvgIpc) is 2.70. The van der Waals surface area contributed by atoms with Crippen LogP contribution in [-0.4, -0.2) is 49.4 Å². The summed E-state index contributed by atoms with van der Waals surface area (Å²) >= 11 is 1.20. The highest BCUT2D eigenvalue weighted by Crippen LogP contribution is 2.40. The standard InChI is InChI=1S/C20H22N4O3S/c1-24-7-6-15-14(10-24)19(12-4-5-16(26-2)17(8-12)27-3)13(9-21)20(23-15)28-11-18(22)25/h4-5,8H,6-7,10-11H2,1-3H3,(H2,22,25). The van der Waals surface area contributed by atoms with Gasteiger partial charge in [-0.25, -0.2) is 4.98 Å². The molecule has 0 bridgehead atoms. The monoisotopic (exact) mass is 398 g/mol. The van der Waals surface area contributed by atoms with Crippen molar-refractivity contribution in [1.29, 1.82) is 5.26 Å². The summed E-state index contributed by atoms with van der Waals surface area (Å²) in [6.07, 6.45) is 0.780. The number of nitrogens with zero attached hydrogens (tertiary/aromatic N) is 3. The number of primary amides is 1. The molecule has 2 heterocycles. The topological polar surface area (TPSA) is 101 Å². The van der Waals surface area contributed by atoms with Gasteiger partial charge in [0, 0.05) is 30.8 Å².